The van der Waals surface area contributed by atoms with Gasteiger partial charge in [0, 0.05) is 25.3 Å². The second-order valence-electron chi connectivity index (χ2n) is 7.10. The van der Waals surface area contributed by atoms with Gasteiger partial charge in [0.2, 0.25) is 5.91 Å². The van der Waals surface area contributed by atoms with E-state index < -0.39 is 5.92 Å². The summed E-state index contributed by atoms with van der Waals surface area (Å²) in [6, 6.07) is 7.16. The minimum Gasteiger partial charge on any atom is -0.506 e. The molecule has 0 spiro atoms. The van der Waals surface area contributed by atoms with Crippen molar-refractivity contribution in [2.75, 3.05) is 13.1 Å². The highest BCUT2D eigenvalue weighted by atomic mass is 19.1. The molecule has 1 aliphatic heterocycles. The highest BCUT2D eigenvalue weighted by Crippen LogP contribution is 2.21. The smallest absolute Gasteiger partial charge is 0.255 e. The molecule has 2 heterocycles. The zero-order chi connectivity index (χ0) is 20.1. The summed E-state index contributed by atoms with van der Waals surface area (Å²) < 4.78 is 13.1. The maximum atomic E-state index is 13.1. The molecular formula is C21H24FN3O3. The number of hydrogen-bond acceptors (Lipinski definition) is 4. The SMILES string of the molecule is C[C@H](C(=O)NC[C@@H]1CCCCN1C(=O)c1cncc(O)c1)c1ccc(F)cc1. The molecule has 0 unspecified atom stereocenters. The molecule has 6 nitrogen and oxygen atoms in total. The highest BCUT2D eigenvalue weighted by Gasteiger charge is 2.28. The van der Waals surface area contributed by atoms with Crippen LogP contribution in [-0.2, 0) is 4.79 Å². The molecular weight excluding hydrogens is 361 g/mol. The van der Waals surface area contributed by atoms with Gasteiger partial charge in [-0.1, -0.05) is 12.1 Å². The standard InChI is InChI=1S/C21H24FN3O3/c1-14(15-5-7-17(22)8-6-15)20(27)24-12-18-4-2-3-9-25(18)21(28)16-10-19(26)13-23-11-16/h5-8,10-11,13-14,18,26H,2-4,9,12H2,1H3,(H,24,27)/t14-,18-/m0/s1. The Balaban J connectivity index is 1.63. The van der Waals surface area contributed by atoms with Gasteiger partial charge in [0.15, 0.2) is 0 Å². The number of likely N-dealkylation sites (tertiary alicyclic amines) is 1. The molecule has 1 saturated heterocycles. The lowest BCUT2D eigenvalue weighted by Gasteiger charge is -2.36. The zero-order valence-corrected chi connectivity index (χ0v) is 15.8. The lowest BCUT2D eigenvalue weighted by Crippen LogP contribution is -2.49. The predicted molar refractivity (Wildman–Crippen MR) is 102 cm³/mol. The number of carbonyl (C=O) groups is 2. The first kappa shape index (κ1) is 19.8. The maximum absolute atomic E-state index is 13.1. The van der Waals surface area contributed by atoms with Crippen molar-refractivity contribution in [2.45, 2.75) is 38.1 Å². The number of aromatic hydroxyl groups is 1. The van der Waals surface area contributed by atoms with Crippen molar-refractivity contribution < 1.29 is 19.1 Å². The van der Waals surface area contributed by atoms with Gasteiger partial charge in [-0.2, -0.15) is 0 Å². The highest BCUT2D eigenvalue weighted by molar-refractivity contribution is 5.94. The fraction of sp³-hybridized carbons (Fsp3) is 0.381. The third kappa shape index (κ3) is 4.65. The Hall–Kier alpha value is -2.96. The van der Waals surface area contributed by atoms with Gasteiger partial charge in [0.25, 0.3) is 5.91 Å². The molecule has 1 fully saturated rings. The lowest BCUT2D eigenvalue weighted by atomic mass is 9.98. The Labute approximate surface area is 163 Å². The number of carbonyl (C=O) groups excluding carboxylic acids is 2. The third-order valence-corrected chi connectivity index (χ3v) is 5.13. The molecule has 0 saturated carbocycles. The van der Waals surface area contributed by atoms with E-state index in [1.54, 1.807) is 24.0 Å². The van der Waals surface area contributed by atoms with Crippen LogP contribution in [0.5, 0.6) is 5.75 Å². The average molecular weight is 385 g/mol. The van der Waals surface area contributed by atoms with Crippen LogP contribution >= 0.6 is 0 Å². The Morgan fingerprint density at radius 1 is 1.29 bits per heavy atom. The Morgan fingerprint density at radius 3 is 2.75 bits per heavy atom. The van der Waals surface area contributed by atoms with E-state index >= 15 is 0 Å². The summed E-state index contributed by atoms with van der Waals surface area (Å²) in [5.41, 5.74) is 1.07. The van der Waals surface area contributed by atoms with Gasteiger partial charge in [-0.05, 0) is 49.9 Å². The number of aromatic nitrogens is 1. The normalized spacial score (nSPS) is 17.8. The summed E-state index contributed by atoms with van der Waals surface area (Å²) in [7, 11) is 0. The minimum atomic E-state index is -0.413. The number of hydrogen-bond donors (Lipinski definition) is 2. The molecule has 0 bridgehead atoms. The summed E-state index contributed by atoms with van der Waals surface area (Å²) >= 11 is 0. The molecule has 2 amide bonds. The van der Waals surface area contributed by atoms with Crippen LogP contribution < -0.4 is 5.32 Å². The molecule has 1 aromatic heterocycles. The summed E-state index contributed by atoms with van der Waals surface area (Å²) in [5, 5.41) is 12.5. The van der Waals surface area contributed by atoms with Crippen molar-refractivity contribution in [2.24, 2.45) is 0 Å². The Kier molecular flexibility index (Phi) is 6.23. The van der Waals surface area contributed by atoms with Gasteiger partial charge < -0.3 is 15.3 Å². The number of nitrogens with one attached hydrogen (secondary N) is 1. The van der Waals surface area contributed by atoms with Gasteiger partial charge in [-0.3, -0.25) is 14.6 Å². The molecule has 0 aliphatic carbocycles. The van der Waals surface area contributed by atoms with Crippen LogP contribution in [0.1, 0.15) is 48.0 Å². The predicted octanol–water partition coefficient (Wildman–Crippen LogP) is 2.84. The molecule has 148 valence electrons. The van der Waals surface area contributed by atoms with E-state index in [9.17, 15) is 19.1 Å². The monoisotopic (exact) mass is 385 g/mol. The number of pyridine rings is 1. The molecule has 1 aliphatic rings. The van der Waals surface area contributed by atoms with Gasteiger partial charge in [-0.15, -0.1) is 0 Å². The van der Waals surface area contributed by atoms with Crippen molar-refractivity contribution in [3.05, 3.63) is 59.7 Å². The van der Waals surface area contributed by atoms with Crippen molar-refractivity contribution in [3.8, 4) is 5.75 Å². The summed E-state index contributed by atoms with van der Waals surface area (Å²) in [4.78, 5) is 30.9. The minimum absolute atomic E-state index is 0.0548. The van der Waals surface area contributed by atoms with Crippen molar-refractivity contribution in [3.63, 3.8) is 0 Å². The topological polar surface area (TPSA) is 82.5 Å². The second kappa shape index (κ2) is 8.82. The molecule has 2 aromatic rings. The van der Waals surface area contributed by atoms with E-state index in [1.807, 2.05) is 0 Å². The maximum Gasteiger partial charge on any atom is 0.255 e. The van der Waals surface area contributed by atoms with Gasteiger partial charge >= 0.3 is 0 Å². The quantitative estimate of drug-likeness (QED) is 0.829. The number of benzene rings is 1. The van der Waals surface area contributed by atoms with Crippen molar-refractivity contribution in [1.82, 2.24) is 15.2 Å². The fourth-order valence-corrected chi connectivity index (χ4v) is 3.47. The molecule has 2 atom stereocenters. The van der Waals surface area contributed by atoms with Gasteiger partial charge in [0.1, 0.15) is 11.6 Å². The van der Waals surface area contributed by atoms with E-state index in [4.69, 9.17) is 0 Å². The van der Waals surface area contributed by atoms with Crippen molar-refractivity contribution >= 4 is 11.8 Å². The van der Waals surface area contributed by atoms with Crippen LogP contribution in [0.3, 0.4) is 0 Å². The zero-order valence-electron chi connectivity index (χ0n) is 15.8. The van der Waals surface area contributed by atoms with Crippen LogP contribution in [0.15, 0.2) is 42.7 Å². The fourth-order valence-electron chi connectivity index (χ4n) is 3.47. The van der Waals surface area contributed by atoms with Crippen molar-refractivity contribution in [1.29, 1.82) is 0 Å². The number of nitrogens with zero attached hydrogens (tertiary/aromatic N) is 2. The third-order valence-electron chi connectivity index (χ3n) is 5.13. The largest absolute Gasteiger partial charge is 0.506 e. The molecule has 28 heavy (non-hydrogen) atoms. The van der Waals surface area contributed by atoms with E-state index in [1.165, 1.54) is 30.6 Å². The second-order valence-corrected chi connectivity index (χ2v) is 7.10. The first-order chi connectivity index (χ1) is 13.5. The van der Waals surface area contributed by atoms with E-state index in [0.717, 1.165) is 24.8 Å². The molecule has 3 rings (SSSR count). The number of piperidine rings is 1. The van der Waals surface area contributed by atoms with Crippen LogP contribution in [-0.4, -0.2) is 45.9 Å². The number of halogens is 1. The molecule has 0 radical (unpaired) electrons. The first-order valence-electron chi connectivity index (χ1n) is 9.44. The molecule has 1 aromatic carbocycles. The lowest BCUT2D eigenvalue weighted by molar-refractivity contribution is -0.122. The van der Waals surface area contributed by atoms with Crippen LogP contribution in [0, 0.1) is 5.82 Å². The molecule has 2 N–H and O–H groups in total. The number of rotatable bonds is 5. The average Bonchev–Trinajstić information content (AvgIpc) is 2.71. The number of amides is 2. The van der Waals surface area contributed by atoms with E-state index in [2.05, 4.69) is 10.3 Å². The Bertz CT molecular complexity index is 841. The van der Waals surface area contributed by atoms with Crippen LogP contribution in [0.2, 0.25) is 0 Å². The van der Waals surface area contributed by atoms with E-state index in [0.29, 0.717) is 18.7 Å². The molecule has 7 heteroatoms. The van der Waals surface area contributed by atoms with Crippen LogP contribution in [0.25, 0.3) is 0 Å². The van der Waals surface area contributed by atoms with Gasteiger partial charge in [0.05, 0.1) is 17.7 Å². The first-order valence-corrected chi connectivity index (χ1v) is 9.44. The van der Waals surface area contributed by atoms with E-state index in [-0.39, 0.29) is 29.4 Å². The summed E-state index contributed by atoms with van der Waals surface area (Å²) in [5.74, 6) is -1.17. The summed E-state index contributed by atoms with van der Waals surface area (Å²) in [6.45, 7) is 2.72. The Morgan fingerprint density at radius 2 is 2.04 bits per heavy atom. The van der Waals surface area contributed by atoms with Crippen LogP contribution in [0.4, 0.5) is 4.39 Å². The van der Waals surface area contributed by atoms with Gasteiger partial charge in [-0.25, -0.2) is 4.39 Å². The summed E-state index contributed by atoms with van der Waals surface area (Å²) in [6.07, 6.45) is 5.39.